The monoisotopic (exact) mass is 216 g/mol. The highest BCUT2D eigenvalue weighted by Gasteiger charge is 2.09. The van der Waals surface area contributed by atoms with E-state index in [1.165, 1.54) is 0 Å². The smallest absolute Gasteiger partial charge is 0.207 e. The third kappa shape index (κ3) is 1.54. The van der Waals surface area contributed by atoms with Crippen molar-refractivity contribution in [3.63, 3.8) is 0 Å². The molecule has 0 atom stereocenters. The summed E-state index contributed by atoms with van der Waals surface area (Å²) < 4.78 is 1.74. The number of hydrogen-bond donors (Lipinski definition) is 2. The molecule has 0 spiro atoms. The lowest BCUT2D eigenvalue weighted by Crippen LogP contribution is -2.25. The van der Waals surface area contributed by atoms with Crippen LogP contribution in [0.1, 0.15) is 5.82 Å². The Hall–Kier alpha value is -2.24. The van der Waals surface area contributed by atoms with Crippen LogP contribution >= 0.6 is 0 Å². The number of rotatable bonds is 4. The summed E-state index contributed by atoms with van der Waals surface area (Å²) in [4.78, 5) is 4.32. The Morgan fingerprint density at radius 1 is 1.31 bits per heavy atom. The Balaban J connectivity index is 2.74. The van der Waals surface area contributed by atoms with Gasteiger partial charge >= 0.3 is 0 Å². The minimum atomic E-state index is 0.288. The Morgan fingerprint density at radius 3 is 2.81 bits per heavy atom. The summed E-state index contributed by atoms with van der Waals surface area (Å²) in [5.74, 6) is 0.737. The van der Waals surface area contributed by atoms with Gasteiger partial charge in [-0.15, -0.1) is 18.3 Å². The zero-order chi connectivity index (χ0) is 11.5. The molecular formula is C10H12N6. The average molecular weight is 216 g/mol. The molecule has 6 heteroatoms. The van der Waals surface area contributed by atoms with E-state index in [0.29, 0.717) is 24.1 Å². The zero-order valence-corrected chi connectivity index (χ0v) is 8.77. The lowest BCUT2D eigenvalue weighted by molar-refractivity contribution is 0.688. The van der Waals surface area contributed by atoms with Crippen LogP contribution in [0.5, 0.6) is 0 Å². The van der Waals surface area contributed by atoms with Crippen LogP contribution in [-0.4, -0.2) is 25.0 Å². The normalized spacial score (nSPS) is 10.5. The van der Waals surface area contributed by atoms with Crippen LogP contribution in [0.25, 0.3) is 11.2 Å². The number of hydrogen-bond acceptors (Lipinski definition) is 4. The van der Waals surface area contributed by atoms with Gasteiger partial charge in [0.05, 0.1) is 0 Å². The lowest BCUT2D eigenvalue weighted by atomic mass is 10.3. The molecule has 2 aromatic heterocycles. The van der Waals surface area contributed by atoms with E-state index in [-0.39, 0.29) is 5.49 Å². The van der Waals surface area contributed by atoms with Crippen molar-refractivity contribution < 1.29 is 0 Å². The SMILES string of the molecule is C=CCc1nc2n[nH]nc2c(=N)n1CC=C. The van der Waals surface area contributed by atoms with Crippen molar-refractivity contribution in [1.29, 1.82) is 5.41 Å². The van der Waals surface area contributed by atoms with Crippen LogP contribution in [0.15, 0.2) is 25.3 Å². The fourth-order valence-corrected chi connectivity index (χ4v) is 1.51. The summed E-state index contributed by atoms with van der Waals surface area (Å²) in [6.07, 6.45) is 4.05. The molecule has 0 aromatic carbocycles. The quantitative estimate of drug-likeness (QED) is 0.732. The average Bonchev–Trinajstić information content (AvgIpc) is 2.72. The highest BCUT2D eigenvalue weighted by Crippen LogP contribution is 2.02. The predicted molar refractivity (Wildman–Crippen MR) is 59.6 cm³/mol. The summed E-state index contributed by atoms with van der Waals surface area (Å²) in [6.45, 7) is 7.86. The molecule has 0 radical (unpaired) electrons. The molecule has 2 aromatic rings. The van der Waals surface area contributed by atoms with E-state index in [1.54, 1.807) is 16.7 Å². The topological polar surface area (TPSA) is 83.2 Å². The molecule has 2 N–H and O–H groups in total. The van der Waals surface area contributed by atoms with Crippen molar-refractivity contribution in [2.75, 3.05) is 0 Å². The van der Waals surface area contributed by atoms with Gasteiger partial charge in [0.1, 0.15) is 5.82 Å². The van der Waals surface area contributed by atoms with Crippen LogP contribution in [-0.2, 0) is 13.0 Å². The molecule has 82 valence electrons. The molecule has 0 aliphatic rings. The van der Waals surface area contributed by atoms with Gasteiger partial charge in [-0.25, -0.2) is 4.98 Å². The fourth-order valence-electron chi connectivity index (χ4n) is 1.51. The van der Waals surface area contributed by atoms with Crippen molar-refractivity contribution in [3.05, 3.63) is 36.6 Å². The summed E-state index contributed by atoms with van der Waals surface area (Å²) in [6, 6.07) is 0. The summed E-state index contributed by atoms with van der Waals surface area (Å²) in [7, 11) is 0. The van der Waals surface area contributed by atoms with Crippen molar-refractivity contribution in [2.24, 2.45) is 0 Å². The molecule has 2 rings (SSSR count). The first-order valence-electron chi connectivity index (χ1n) is 4.84. The first kappa shape index (κ1) is 10.3. The Kier molecular flexibility index (Phi) is 2.63. The third-order valence-electron chi connectivity index (χ3n) is 2.21. The van der Waals surface area contributed by atoms with Crippen LogP contribution in [0.3, 0.4) is 0 Å². The van der Waals surface area contributed by atoms with E-state index in [4.69, 9.17) is 5.41 Å². The highest BCUT2D eigenvalue weighted by molar-refractivity contribution is 5.66. The molecule has 16 heavy (non-hydrogen) atoms. The minimum absolute atomic E-state index is 0.288. The van der Waals surface area contributed by atoms with Crippen LogP contribution in [0.4, 0.5) is 0 Å². The second kappa shape index (κ2) is 4.09. The van der Waals surface area contributed by atoms with Gasteiger partial charge in [-0.3, -0.25) is 5.41 Å². The van der Waals surface area contributed by atoms with Gasteiger partial charge in [0.2, 0.25) is 5.65 Å². The maximum absolute atomic E-state index is 8.00. The molecule has 0 bridgehead atoms. The van der Waals surface area contributed by atoms with Gasteiger partial charge in [-0.1, -0.05) is 12.2 Å². The van der Waals surface area contributed by atoms with E-state index in [9.17, 15) is 0 Å². The van der Waals surface area contributed by atoms with Gasteiger partial charge in [-0.05, 0) is 0 Å². The number of allylic oxidation sites excluding steroid dienone is 2. The number of aromatic nitrogens is 5. The van der Waals surface area contributed by atoms with E-state index in [0.717, 1.165) is 5.82 Å². The molecule has 0 saturated carbocycles. The van der Waals surface area contributed by atoms with Crippen LogP contribution in [0, 0.1) is 5.41 Å². The molecule has 0 aliphatic heterocycles. The summed E-state index contributed by atoms with van der Waals surface area (Å²) >= 11 is 0. The molecular weight excluding hydrogens is 204 g/mol. The van der Waals surface area contributed by atoms with Crippen molar-refractivity contribution in [3.8, 4) is 0 Å². The Morgan fingerprint density at radius 2 is 2.12 bits per heavy atom. The maximum Gasteiger partial charge on any atom is 0.207 e. The third-order valence-corrected chi connectivity index (χ3v) is 2.21. The van der Waals surface area contributed by atoms with E-state index >= 15 is 0 Å². The molecule has 0 saturated heterocycles. The second-order valence-corrected chi connectivity index (χ2v) is 3.26. The van der Waals surface area contributed by atoms with Gasteiger partial charge in [0.25, 0.3) is 0 Å². The van der Waals surface area contributed by atoms with Crippen molar-refractivity contribution >= 4 is 11.2 Å². The Labute approximate surface area is 91.8 Å². The minimum Gasteiger partial charge on any atom is -0.309 e. The molecule has 0 aliphatic carbocycles. The van der Waals surface area contributed by atoms with Gasteiger partial charge < -0.3 is 4.57 Å². The predicted octanol–water partition coefficient (Wildman–Crippen LogP) is 0.548. The highest BCUT2D eigenvalue weighted by atomic mass is 15.3. The van der Waals surface area contributed by atoms with Gasteiger partial charge in [-0.2, -0.15) is 10.3 Å². The number of fused-ring (bicyclic) bond motifs is 1. The zero-order valence-electron chi connectivity index (χ0n) is 8.77. The maximum atomic E-state index is 8.00. The number of aromatic amines is 1. The summed E-state index contributed by atoms with van der Waals surface area (Å²) in [5.41, 5.74) is 1.22. The fraction of sp³-hybridized carbons (Fsp3) is 0.200. The van der Waals surface area contributed by atoms with Crippen LogP contribution in [0.2, 0.25) is 0 Å². The van der Waals surface area contributed by atoms with E-state index < -0.39 is 0 Å². The number of H-pyrrole nitrogens is 1. The summed E-state index contributed by atoms with van der Waals surface area (Å²) in [5, 5.41) is 18.2. The van der Waals surface area contributed by atoms with Crippen molar-refractivity contribution in [1.82, 2.24) is 25.0 Å². The Bertz CT molecular complexity index is 591. The van der Waals surface area contributed by atoms with Crippen LogP contribution < -0.4 is 5.49 Å². The standard InChI is InChI=1S/C10H12N6/c1-3-5-7-12-10-8(13-15-14-10)9(11)16(7)6-4-2/h3-4,11H,1-2,5-6H2,(H,13,14,15). The number of nitrogens with one attached hydrogen (secondary N) is 2. The molecule has 0 unspecified atom stereocenters. The van der Waals surface area contributed by atoms with E-state index in [2.05, 4.69) is 33.6 Å². The molecule has 6 nitrogen and oxygen atoms in total. The first-order valence-corrected chi connectivity index (χ1v) is 4.84. The van der Waals surface area contributed by atoms with Gasteiger partial charge in [0.15, 0.2) is 11.0 Å². The number of nitrogens with zero attached hydrogens (tertiary/aromatic N) is 4. The molecule has 0 amide bonds. The van der Waals surface area contributed by atoms with Gasteiger partial charge in [0, 0.05) is 13.0 Å². The first-order chi connectivity index (χ1) is 7.77. The van der Waals surface area contributed by atoms with E-state index in [1.807, 2.05) is 0 Å². The molecule has 2 heterocycles. The largest absolute Gasteiger partial charge is 0.309 e. The molecule has 0 fully saturated rings. The van der Waals surface area contributed by atoms with Crippen molar-refractivity contribution in [2.45, 2.75) is 13.0 Å². The second-order valence-electron chi connectivity index (χ2n) is 3.26. The lowest BCUT2D eigenvalue weighted by Gasteiger charge is -2.08.